The fourth-order valence-corrected chi connectivity index (χ4v) is 2.13. The molecule has 0 bridgehead atoms. The molecule has 0 unspecified atom stereocenters. The van der Waals surface area contributed by atoms with E-state index < -0.39 is 0 Å². The molecular formula is C12H20N6O2. The van der Waals surface area contributed by atoms with E-state index in [1.807, 2.05) is 0 Å². The highest BCUT2D eigenvalue weighted by Crippen LogP contribution is 2.07. The normalized spacial score (nSPS) is 16.8. The van der Waals surface area contributed by atoms with Crippen molar-refractivity contribution < 1.29 is 9.59 Å². The first kappa shape index (κ1) is 14.4. The summed E-state index contributed by atoms with van der Waals surface area (Å²) in [4.78, 5) is 29.3. The Morgan fingerprint density at radius 3 is 2.75 bits per heavy atom. The Labute approximate surface area is 117 Å². The highest BCUT2D eigenvalue weighted by atomic mass is 16.2. The van der Waals surface area contributed by atoms with Crippen molar-refractivity contribution in [1.82, 2.24) is 30.1 Å². The molecule has 0 saturated carbocycles. The van der Waals surface area contributed by atoms with Crippen LogP contribution in [0.3, 0.4) is 0 Å². The topological polar surface area (TPSA) is 85.4 Å². The van der Waals surface area contributed by atoms with Crippen molar-refractivity contribution in [2.75, 3.05) is 46.8 Å². The molecule has 1 fully saturated rings. The fourth-order valence-electron chi connectivity index (χ4n) is 2.13. The molecule has 2 rings (SSSR count). The van der Waals surface area contributed by atoms with Crippen molar-refractivity contribution in [3.63, 3.8) is 0 Å². The number of carbonyl (C=O) groups is 2. The van der Waals surface area contributed by atoms with Crippen molar-refractivity contribution in [1.29, 1.82) is 0 Å². The van der Waals surface area contributed by atoms with Crippen molar-refractivity contribution >= 4 is 11.8 Å². The molecule has 1 saturated heterocycles. The van der Waals surface area contributed by atoms with Crippen LogP contribution in [-0.4, -0.2) is 88.7 Å². The zero-order valence-corrected chi connectivity index (χ0v) is 11.9. The third-order valence-electron chi connectivity index (χ3n) is 3.37. The van der Waals surface area contributed by atoms with Gasteiger partial charge in [-0.15, -0.1) is 0 Å². The first-order valence-electron chi connectivity index (χ1n) is 6.65. The third-order valence-corrected chi connectivity index (χ3v) is 3.37. The van der Waals surface area contributed by atoms with Crippen LogP contribution >= 0.6 is 0 Å². The van der Waals surface area contributed by atoms with E-state index in [-0.39, 0.29) is 11.8 Å². The average molecular weight is 280 g/mol. The van der Waals surface area contributed by atoms with Crippen LogP contribution in [0.25, 0.3) is 0 Å². The van der Waals surface area contributed by atoms with Gasteiger partial charge in [-0.1, -0.05) is 0 Å². The first-order chi connectivity index (χ1) is 9.58. The minimum atomic E-state index is -0.112. The zero-order valence-electron chi connectivity index (χ0n) is 11.9. The molecule has 0 spiro atoms. The van der Waals surface area contributed by atoms with Crippen LogP contribution in [0.1, 0.15) is 16.9 Å². The summed E-state index contributed by atoms with van der Waals surface area (Å²) in [6, 6.07) is 0. The molecule has 0 radical (unpaired) electrons. The number of likely N-dealkylation sites (N-methyl/N-ethyl adjacent to an activating group) is 1. The molecule has 8 heteroatoms. The van der Waals surface area contributed by atoms with E-state index in [2.05, 4.69) is 20.3 Å². The molecule has 1 N–H and O–H groups in total. The summed E-state index contributed by atoms with van der Waals surface area (Å²) in [6.07, 6.45) is 2.28. The molecule has 2 amide bonds. The van der Waals surface area contributed by atoms with Gasteiger partial charge in [0.25, 0.3) is 5.91 Å². The van der Waals surface area contributed by atoms with Crippen molar-refractivity contribution in [3.8, 4) is 0 Å². The number of aromatic amines is 1. The lowest BCUT2D eigenvalue weighted by molar-refractivity contribution is -0.129. The second kappa shape index (κ2) is 6.47. The SMILES string of the molecule is CN(C)C(=O)CN1CCCN(C(=O)c2cn[nH]n2)CC1. The number of carbonyl (C=O) groups excluding carboxylic acids is 2. The van der Waals surface area contributed by atoms with Crippen molar-refractivity contribution in [3.05, 3.63) is 11.9 Å². The summed E-state index contributed by atoms with van der Waals surface area (Å²) in [5, 5.41) is 9.91. The van der Waals surface area contributed by atoms with E-state index >= 15 is 0 Å². The molecule has 1 aromatic heterocycles. The maximum Gasteiger partial charge on any atom is 0.276 e. The third kappa shape index (κ3) is 3.53. The van der Waals surface area contributed by atoms with Crippen molar-refractivity contribution in [2.24, 2.45) is 0 Å². The second-order valence-electron chi connectivity index (χ2n) is 5.07. The quantitative estimate of drug-likeness (QED) is 0.771. The Morgan fingerprint density at radius 1 is 1.30 bits per heavy atom. The number of rotatable bonds is 3. The molecular weight excluding hydrogens is 260 g/mol. The number of aromatic nitrogens is 3. The lowest BCUT2D eigenvalue weighted by Crippen LogP contribution is -2.39. The minimum absolute atomic E-state index is 0.0845. The molecule has 1 aromatic rings. The number of hydrogen-bond acceptors (Lipinski definition) is 5. The van der Waals surface area contributed by atoms with Gasteiger partial charge >= 0.3 is 0 Å². The first-order valence-corrected chi connectivity index (χ1v) is 6.65. The van der Waals surface area contributed by atoms with Gasteiger partial charge in [-0.25, -0.2) is 0 Å². The fraction of sp³-hybridized carbons (Fsp3) is 0.667. The second-order valence-corrected chi connectivity index (χ2v) is 5.07. The summed E-state index contributed by atoms with van der Waals surface area (Å²) >= 11 is 0. The lowest BCUT2D eigenvalue weighted by Gasteiger charge is -2.22. The van der Waals surface area contributed by atoms with Gasteiger partial charge in [0.15, 0.2) is 5.69 Å². The molecule has 8 nitrogen and oxygen atoms in total. The van der Waals surface area contributed by atoms with E-state index in [0.29, 0.717) is 31.9 Å². The van der Waals surface area contributed by atoms with Crippen LogP contribution in [0.4, 0.5) is 0 Å². The van der Waals surface area contributed by atoms with E-state index in [4.69, 9.17) is 0 Å². The Morgan fingerprint density at radius 2 is 2.10 bits per heavy atom. The van der Waals surface area contributed by atoms with Crippen LogP contribution in [0, 0.1) is 0 Å². The molecule has 110 valence electrons. The largest absolute Gasteiger partial charge is 0.348 e. The number of amides is 2. The predicted octanol–water partition coefficient (Wildman–Crippen LogP) is -0.959. The maximum atomic E-state index is 12.2. The van der Waals surface area contributed by atoms with E-state index in [0.717, 1.165) is 13.0 Å². The Bertz CT molecular complexity index is 459. The van der Waals surface area contributed by atoms with Crippen molar-refractivity contribution in [2.45, 2.75) is 6.42 Å². The monoisotopic (exact) mass is 280 g/mol. The van der Waals surface area contributed by atoms with E-state index in [9.17, 15) is 9.59 Å². The Kier molecular flexibility index (Phi) is 4.67. The van der Waals surface area contributed by atoms with Gasteiger partial charge in [0, 0.05) is 40.3 Å². The number of nitrogens with zero attached hydrogens (tertiary/aromatic N) is 5. The van der Waals surface area contributed by atoms with Crippen LogP contribution in [0.5, 0.6) is 0 Å². The van der Waals surface area contributed by atoms with Crippen LogP contribution < -0.4 is 0 Å². The summed E-state index contributed by atoms with van der Waals surface area (Å²) in [6.45, 7) is 3.20. The number of hydrogen-bond donors (Lipinski definition) is 1. The summed E-state index contributed by atoms with van der Waals surface area (Å²) in [5.74, 6) is -0.0270. The predicted molar refractivity (Wildman–Crippen MR) is 72.0 cm³/mol. The maximum absolute atomic E-state index is 12.2. The highest BCUT2D eigenvalue weighted by Gasteiger charge is 2.22. The molecule has 0 aromatic carbocycles. The number of H-pyrrole nitrogens is 1. The van der Waals surface area contributed by atoms with Gasteiger partial charge in [-0.05, 0) is 6.42 Å². The molecule has 0 aliphatic carbocycles. The Balaban J connectivity index is 1.89. The van der Waals surface area contributed by atoms with Gasteiger partial charge in [0.2, 0.25) is 5.91 Å². The highest BCUT2D eigenvalue weighted by molar-refractivity contribution is 5.91. The molecule has 1 aliphatic heterocycles. The minimum Gasteiger partial charge on any atom is -0.348 e. The van der Waals surface area contributed by atoms with Crippen LogP contribution in [0.2, 0.25) is 0 Å². The van der Waals surface area contributed by atoms with Gasteiger partial charge < -0.3 is 9.80 Å². The standard InChI is InChI=1S/C12H20N6O2/c1-16(2)11(19)9-17-4-3-5-18(7-6-17)12(20)10-8-13-15-14-10/h8H,3-7,9H2,1-2H3,(H,13,14,15). The van der Waals surface area contributed by atoms with Gasteiger partial charge in [-0.2, -0.15) is 15.4 Å². The smallest absolute Gasteiger partial charge is 0.276 e. The number of nitrogens with one attached hydrogen (secondary N) is 1. The summed E-state index contributed by atoms with van der Waals surface area (Å²) in [5.41, 5.74) is 0.336. The molecule has 20 heavy (non-hydrogen) atoms. The van der Waals surface area contributed by atoms with E-state index in [1.165, 1.54) is 6.20 Å². The Hall–Kier alpha value is -1.96. The summed E-state index contributed by atoms with van der Waals surface area (Å²) < 4.78 is 0. The lowest BCUT2D eigenvalue weighted by atomic mass is 10.3. The average Bonchev–Trinajstić information content (AvgIpc) is 2.85. The van der Waals surface area contributed by atoms with Gasteiger partial charge in [0.1, 0.15) is 0 Å². The van der Waals surface area contributed by atoms with Crippen LogP contribution in [-0.2, 0) is 4.79 Å². The summed E-state index contributed by atoms with van der Waals surface area (Å²) in [7, 11) is 3.50. The molecule has 1 aliphatic rings. The molecule has 0 atom stereocenters. The van der Waals surface area contributed by atoms with E-state index in [1.54, 1.807) is 23.9 Å². The van der Waals surface area contributed by atoms with Crippen LogP contribution in [0.15, 0.2) is 6.20 Å². The van der Waals surface area contributed by atoms with Gasteiger partial charge in [-0.3, -0.25) is 14.5 Å². The molecule has 2 heterocycles. The zero-order chi connectivity index (χ0) is 14.5. The van der Waals surface area contributed by atoms with Gasteiger partial charge in [0.05, 0.1) is 12.7 Å².